The molecule has 19 heavy (non-hydrogen) atoms. The summed E-state index contributed by atoms with van der Waals surface area (Å²) >= 11 is 0. The van der Waals surface area contributed by atoms with Crippen LogP contribution < -0.4 is 5.32 Å². The third-order valence-corrected chi connectivity index (χ3v) is 3.98. The second-order valence-corrected chi connectivity index (χ2v) is 5.10. The maximum absolute atomic E-state index is 11.5. The van der Waals surface area contributed by atoms with E-state index < -0.39 is 0 Å². The molecule has 5 nitrogen and oxygen atoms in total. The maximum Gasteiger partial charge on any atom is 0.308 e. The van der Waals surface area contributed by atoms with Gasteiger partial charge < -0.3 is 15.0 Å². The van der Waals surface area contributed by atoms with Gasteiger partial charge >= 0.3 is 5.97 Å². The topological polar surface area (TPSA) is 53.9 Å². The predicted octanol–water partition coefficient (Wildman–Crippen LogP) is 1.62. The van der Waals surface area contributed by atoms with E-state index in [0.717, 1.165) is 31.9 Å². The summed E-state index contributed by atoms with van der Waals surface area (Å²) in [6, 6.07) is 0.599. The quantitative estimate of drug-likeness (QED) is 0.342. The largest absolute Gasteiger partial charge is 0.469 e. The van der Waals surface area contributed by atoms with Crippen LogP contribution in [0.15, 0.2) is 4.99 Å². The summed E-state index contributed by atoms with van der Waals surface area (Å²) < 4.78 is 4.80. The van der Waals surface area contributed by atoms with Crippen LogP contribution in [-0.4, -0.2) is 50.1 Å². The van der Waals surface area contributed by atoms with Gasteiger partial charge in [0, 0.05) is 26.2 Å². The Morgan fingerprint density at radius 2 is 1.89 bits per heavy atom. The van der Waals surface area contributed by atoms with E-state index in [1.165, 1.54) is 26.4 Å². The second kappa shape index (κ2) is 7.91. The minimum absolute atomic E-state index is 0. The van der Waals surface area contributed by atoms with Crippen LogP contribution in [0.25, 0.3) is 0 Å². The van der Waals surface area contributed by atoms with E-state index in [1.54, 1.807) is 0 Å². The Morgan fingerprint density at radius 1 is 1.26 bits per heavy atom. The minimum Gasteiger partial charge on any atom is -0.469 e. The molecule has 1 N–H and O–H groups in total. The lowest BCUT2D eigenvalue weighted by molar-refractivity contribution is -0.146. The third kappa shape index (κ3) is 4.22. The molecule has 1 saturated heterocycles. The van der Waals surface area contributed by atoms with Gasteiger partial charge in [0.1, 0.15) is 0 Å². The third-order valence-electron chi connectivity index (χ3n) is 3.98. The monoisotopic (exact) mass is 381 g/mol. The number of rotatable bonds is 2. The number of aliphatic imine (C=N–C) groups is 1. The van der Waals surface area contributed by atoms with Gasteiger partial charge in [0.15, 0.2) is 5.96 Å². The van der Waals surface area contributed by atoms with Crippen molar-refractivity contribution in [2.24, 2.45) is 10.9 Å². The Kier molecular flexibility index (Phi) is 6.88. The van der Waals surface area contributed by atoms with Crippen LogP contribution in [-0.2, 0) is 9.53 Å². The second-order valence-electron chi connectivity index (χ2n) is 5.10. The van der Waals surface area contributed by atoms with Gasteiger partial charge in [0.25, 0.3) is 0 Å². The highest BCUT2D eigenvalue weighted by molar-refractivity contribution is 14.0. The van der Waals surface area contributed by atoms with E-state index in [9.17, 15) is 4.79 Å². The molecule has 1 heterocycles. The number of hydrogen-bond acceptors (Lipinski definition) is 3. The van der Waals surface area contributed by atoms with E-state index in [2.05, 4.69) is 15.2 Å². The fourth-order valence-electron chi connectivity index (χ4n) is 2.53. The summed E-state index contributed by atoms with van der Waals surface area (Å²) in [7, 11) is 3.29. The molecule has 0 radical (unpaired) electrons. The van der Waals surface area contributed by atoms with Gasteiger partial charge in [-0.3, -0.25) is 9.79 Å². The van der Waals surface area contributed by atoms with Crippen molar-refractivity contribution in [2.45, 2.75) is 38.1 Å². The van der Waals surface area contributed by atoms with Crippen LogP contribution >= 0.6 is 24.0 Å². The molecule has 1 aliphatic heterocycles. The number of esters is 1. The highest BCUT2D eigenvalue weighted by atomic mass is 127. The molecule has 6 heteroatoms. The van der Waals surface area contributed by atoms with Gasteiger partial charge in [-0.25, -0.2) is 0 Å². The zero-order chi connectivity index (χ0) is 13.0. The zero-order valence-corrected chi connectivity index (χ0v) is 14.1. The molecule has 0 aromatic heterocycles. The lowest BCUT2D eigenvalue weighted by Crippen LogP contribution is -2.51. The average molecular weight is 381 g/mol. The summed E-state index contributed by atoms with van der Waals surface area (Å²) in [5, 5.41) is 3.49. The summed E-state index contributed by atoms with van der Waals surface area (Å²) in [6.07, 6.45) is 5.53. The number of nitrogens with one attached hydrogen (secondary N) is 1. The smallest absolute Gasteiger partial charge is 0.308 e. The lowest BCUT2D eigenvalue weighted by atomic mass is 9.93. The summed E-state index contributed by atoms with van der Waals surface area (Å²) in [6.45, 7) is 1.76. The number of piperidine rings is 1. The highest BCUT2D eigenvalue weighted by Gasteiger charge is 2.28. The van der Waals surface area contributed by atoms with E-state index in [1.807, 2.05) is 7.05 Å². The number of ether oxygens (including phenoxy) is 1. The zero-order valence-electron chi connectivity index (χ0n) is 11.7. The van der Waals surface area contributed by atoms with E-state index in [-0.39, 0.29) is 35.9 Å². The van der Waals surface area contributed by atoms with Gasteiger partial charge in [0.05, 0.1) is 13.0 Å². The molecule has 2 aliphatic rings. The Balaban J connectivity index is 0.00000180. The lowest BCUT2D eigenvalue weighted by Gasteiger charge is -2.36. The van der Waals surface area contributed by atoms with Crippen molar-refractivity contribution in [3.8, 4) is 0 Å². The van der Waals surface area contributed by atoms with E-state index in [4.69, 9.17) is 4.74 Å². The molecule has 1 aliphatic carbocycles. The first-order chi connectivity index (χ1) is 8.74. The molecule has 2 fully saturated rings. The highest BCUT2D eigenvalue weighted by Crippen LogP contribution is 2.21. The number of likely N-dealkylation sites (tertiary alicyclic amines) is 1. The van der Waals surface area contributed by atoms with Gasteiger partial charge in [-0.1, -0.05) is 0 Å². The van der Waals surface area contributed by atoms with Crippen LogP contribution in [0, 0.1) is 5.92 Å². The van der Waals surface area contributed by atoms with Crippen LogP contribution in [0.3, 0.4) is 0 Å². The average Bonchev–Trinajstić information content (AvgIpc) is 2.37. The summed E-state index contributed by atoms with van der Waals surface area (Å²) in [5.74, 6) is 0.979. The standard InChI is InChI=1S/C13H23N3O2.HI/c1-14-13(15-11-4-3-5-11)16-8-6-10(7-9-16)12(17)18-2;/h10-11H,3-9H2,1-2H3,(H,14,15);1H. The molecular weight excluding hydrogens is 357 g/mol. The van der Waals surface area contributed by atoms with Crippen molar-refractivity contribution in [2.75, 3.05) is 27.2 Å². The molecule has 0 unspecified atom stereocenters. The van der Waals surface area contributed by atoms with Gasteiger partial charge in [-0.05, 0) is 32.1 Å². The van der Waals surface area contributed by atoms with Crippen molar-refractivity contribution < 1.29 is 9.53 Å². The van der Waals surface area contributed by atoms with Crippen LogP contribution in [0.5, 0.6) is 0 Å². The molecule has 0 amide bonds. The molecule has 1 saturated carbocycles. The Morgan fingerprint density at radius 3 is 2.32 bits per heavy atom. The number of carbonyl (C=O) groups excluding carboxylic acids is 1. The fourth-order valence-corrected chi connectivity index (χ4v) is 2.53. The van der Waals surface area contributed by atoms with Crippen LogP contribution in [0.4, 0.5) is 0 Å². The first kappa shape index (κ1) is 16.5. The SMILES string of the molecule is CN=C(NC1CCC1)N1CCC(C(=O)OC)CC1.I. The predicted molar refractivity (Wildman–Crippen MR) is 85.9 cm³/mol. The molecule has 0 atom stereocenters. The van der Waals surface area contributed by atoms with E-state index in [0.29, 0.717) is 6.04 Å². The molecule has 0 bridgehead atoms. The normalized spacial score (nSPS) is 21.4. The van der Waals surface area contributed by atoms with Gasteiger partial charge in [0.2, 0.25) is 0 Å². The van der Waals surface area contributed by atoms with Crippen molar-refractivity contribution in [3.63, 3.8) is 0 Å². The maximum atomic E-state index is 11.5. The number of hydrogen-bond donors (Lipinski definition) is 1. The first-order valence-corrected chi connectivity index (χ1v) is 6.80. The Hall–Kier alpha value is -0.530. The molecule has 110 valence electrons. The Labute approximate surface area is 132 Å². The van der Waals surface area contributed by atoms with Crippen molar-refractivity contribution in [1.82, 2.24) is 10.2 Å². The van der Waals surface area contributed by atoms with E-state index >= 15 is 0 Å². The van der Waals surface area contributed by atoms with Crippen molar-refractivity contribution in [1.29, 1.82) is 0 Å². The number of guanidine groups is 1. The molecule has 0 spiro atoms. The number of nitrogens with zero attached hydrogens (tertiary/aromatic N) is 2. The number of methoxy groups -OCH3 is 1. The van der Waals surface area contributed by atoms with Gasteiger partial charge in [-0.2, -0.15) is 0 Å². The van der Waals surface area contributed by atoms with Crippen molar-refractivity contribution in [3.05, 3.63) is 0 Å². The number of carbonyl (C=O) groups is 1. The van der Waals surface area contributed by atoms with Crippen molar-refractivity contribution >= 4 is 35.9 Å². The molecular formula is C13H24IN3O2. The summed E-state index contributed by atoms with van der Waals surface area (Å²) in [5.41, 5.74) is 0. The van der Waals surface area contributed by atoms with Gasteiger partial charge in [-0.15, -0.1) is 24.0 Å². The Bertz CT molecular complexity index is 324. The first-order valence-electron chi connectivity index (χ1n) is 6.80. The molecule has 0 aromatic carbocycles. The van der Waals surface area contributed by atoms with Crippen LogP contribution in [0.2, 0.25) is 0 Å². The summed E-state index contributed by atoms with van der Waals surface area (Å²) in [4.78, 5) is 18.0. The van der Waals surface area contributed by atoms with Crippen LogP contribution in [0.1, 0.15) is 32.1 Å². The molecule has 0 aromatic rings. The minimum atomic E-state index is -0.0726. The fraction of sp³-hybridized carbons (Fsp3) is 0.846. The number of halogens is 1. The molecule has 2 rings (SSSR count).